The van der Waals surface area contributed by atoms with Gasteiger partial charge in [0.2, 0.25) is 11.6 Å². The molecule has 0 unspecified atom stereocenters. The van der Waals surface area contributed by atoms with E-state index in [0.29, 0.717) is 27.6 Å². The number of benzene rings is 3. The number of fused-ring (bicyclic) bond motifs is 1. The zero-order valence-corrected chi connectivity index (χ0v) is 20.5. The fourth-order valence-electron chi connectivity index (χ4n) is 3.80. The predicted molar refractivity (Wildman–Crippen MR) is 138 cm³/mol. The van der Waals surface area contributed by atoms with Gasteiger partial charge in [-0.3, -0.25) is 20.2 Å². The van der Waals surface area contributed by atoms with Crippen molar-refractivity contribution in [2.24, 2.45) is 10.1 Å². The van der Waals surface area contributed by atoms with Crippen molar-refractivity contribution >= 4 is 34.6 Å². The highest BCUT2D eigenvalue weighted by molar-refractivity contribution is 7.07. The second-order valence-corrected chi connectivity index (χ2v) is 9.02. The Hall–Kier alpha value is -4.84. The van der Waals surface area contributed by atoms with Crippen LogP contribution < -0.4 is 14.3 Å². The number of ether oxygens (including phenoxy) is 2. The molecule has 0 saturated heterocycles. The normalized spacial score (nSPS) is 12.9. The van der Waals surface area contributed by atoms with Crippen LogP contribution in [-0.2, 0) is 0 Å². The van der Waals surface area contributed by atoms with E-state index in [1.165, 1.54) is 41.8 Å². The molecule has 0 amide bonds. The van der Waals surface area contributed by atoms with E-state index in [9.17, 15) is 20.2 Å². The van der Waals surface area contributed by atoms with E-state index in [4.69, 9.17) is 14.5 Å². The fourth-order valence-corrected chi connectivity index (χ4v) is 4.65. The monoisotopic (exact) mass is 517 g/mol. The summed E-state index contributed by atoms with van der Waals surface area (Å²) in [7, 11) is 0. The molecule has 3 aromatic carbocycles. The molecule has 1 aliphatic heterocycles. The maximum absolute atomic E-state index is 11.7. The molecular formula is C25H19N5O6S. The first-order valence-corrected chi connectivity index (χ1v) is 11.9. The number of aryl methyl sites for hydroxylation is 2. The van der Waals surface area contributed by atoms with Crippen molar-refractivity contribution < 1.29 is 19.3 Å². The lowest BCUT2D eigenvalue weighted by molar-refractivity contribution is -0.385. The number of hydrogen-bond donors (Lipinski definition) is 0. The Bertz CT molecular complexity index is 1640. The zero-order valence-electron chi connectivity index (χ0n) is 19.7. The van der Waals surface area contributed by atoms with Gasteiger partial charge < -0.3 is 9.47 Å². The number of aromatic nitrogens is 1. The third kappa shape index (κ3) is 4.82. The lowest BCUT2D eigenvalue weighted by Crippen LogP contribution is -2.12. The van der Waals surface area contributed by atoms with Crippen molar-refractivity contribution in [1.82, 2.24) is 4.68 Å². The van der Waals surface area contributed by atoms with E-state index in [2.05, 4.69) is 5.10 Å². The number of nitro groups is 2. The summed E-state index contributed by atoms with van der Waals surface area (Å²) in [5, 5.41) is 29.2. The quantitative estimate of drug-likeness (QED) is 0.188. The zero-order chi connectivity index (χ0) is 26.1. The molecule has 1 aromatic heterocycles. The van der Waals surface area contributed by atoms with E-state index in [1.807, 2.05) is 37.4 Å². The molecule has 0 N–H and O–H groups in total. The van der Waals surface area contributed by atoms with Crippen molar-refractivity contribution in [3.63, 3.8) is 0 Å². The molecule has 0 spiro atoms. The molecule has 4 aromatic rings. The molecule has 0 aliphatic carbocycles. The second-order valence-electron chi connectivity index (χ2n) is 8.19. The summed E-state index contributed by atoms with van der Waals surface area (Å²) in [5.41, 5.74) is 4.12. The van der Waals surface area contributed by atoms with Gasteiger partial charge >= 0.3 is 0 Å². The first-order chi connectivity index (χ1) is 17.8. The van der Waals surface area contributed by atoms with E-state index in [0.717, 1.165) is 16.8 Å². The van der Waals surface area contributed by atoms with Crippen LogP contribution in [0.2, 0.25) is 0 Å². The van der Waals surface area contributed by atoms with Gasteiger partial charge in [-0.15, -0.1) is 11.3 Å². The third-order valence-electron chi connectivity index (χ3n) is 5.66. The highest BCUT2D eigenvalue weighted by Gasteiger charge is 2.22. The molecular weight excluding hydrogens is 498 g/mol. The average molecular weight is 518 g/mol. The Morgan fingerprint density at radius 3 is 2.38 bits per heavy atom. The van der Waals surface area contributed by atoms with Gasteiger partial charge in [0.1, 0.15) is 0 Å². The number of hydrogen-bond acceptors (Lipinski definition) is 9. The van der Waals surface area contributed by atoms with E-state index in [1.54, 1.807) is 16.8 Å². The maximum atomic E-state index is 11.7. The molecule has 5 rings (SSSR count). The molecule has 12 heteroatoms. The minimum Gasteiger partial charge on any atom is -0.454 e. The van der Waals surface area contributed by atoms with Crippen LogP contribution in [0.1, 0.15) is 16.7 Å². The fraction of sp³-hybridized carbons (Fsp3) is 0.120. The topological polar surface area (TPSA) is 134 Å². The van der Waals surface area contributed by atoms with Crippen LogP contribution in [0, 0.1) is 34.1 Å². The SMILES string of the molecule is Cc1ccc(N=c2scc(-c3ccc([N+](=O)[O-])cc3)n2N=Cc2cc3c(cc2[N+](=O)[O-])OCO3)c(C)c1. The van der Waals surface area contributed by atoms with Crippen molar-refractivity contribution in [3.05, 3.63) is 102 Å². The molecule has 0 saturated carbocycles. The minimum absolute atomic E-state index is 0.0183. The highest BCUT2D eigenvalue weighted by Crippen LogP contribution is 2.37. The summed E-state index contributed by atoms with van der Waals surface area (Å²) in [6.07, 6.45) is 1.36. The van der Waals surface area contributed by atoms with E-state index in [-0.39, 0.29) is 23.7 Å². The van der Waals surface area contributed by atoms with Gasteiger partial charge in [0.15, 0.2) is 11.5 Å². The van der Waals surface area contributed by atoms with Crippen LogP contribution in [0.5, 0.6) is 11.5 Å². The average Bonchev–Trinajstić information content (AvgIpc) is 3.50. The van der Waals surface area contributed by atoms with Gasteiger partial charge in [0.25, 0.3) is 11.4 Å². The molecule has 1 aliphatic rings. The summed E-state index contributed by atoms with van der Waals surface area (Å²) in [4.78, 5) is 27.1. The highest BCUT2D eigenvalue weighted by atomic mass is 32.1. The van der Waals surface area contributed by atoms with Crippen molar-refractivity contribution in [2.75, 3.05) is 6.79 Å². The largest absolute Gasteiger partial charge is 0.454 e. The van der Waals surface area contributed by atoms with Crippen molar-refractivity contribution in [2.45, 2.75) is 13.8 Å². The van der Waals surface area contributed by atoms with Gasteiger partial charge in [-0.05, 0) is 43.7 Å². The first kappa shape index (κ1) is 23.9. The summed E-state index contributed by atoms with van der Waals surface area (Å²) >= 11 is 1.33. The molecule has 0 bridgehead atoms. The number of nitrogens with zero attached hydrogens (tertiary/aromatic N) is 5. The summed E-state index contributed by atoms with van der Waals surface area (Å²) in [6, 6.07) is 14.8. The Balaban J connectivity index is 1.66. The summed E-state index contributed by atoms with van der Waals surface area (Å²) < 4.78 is 12.2. The molecule has 186 valence electrons. The first-order valence-electron chi connectivity index (χ1n) is 11.0. The van der Waals surface area contributed by atoms with E-state index < -0.39 is 9.85 Å². The van der Waals surface area contributed by atoms with Gasteiger partial charge in [-0.1, -0.05) is 17.7 Å². The number of non-ortho nitro benzene ring substituents is 1. The molecule has 37 heavy (non-hydrogen) atoms. The van der Waals surface area contributed by atoms with Crippen LogP contribution in [-0.4, -0.2) is 27.5 Å². The molecule has 0 radical (unpaired) electrons. The van der Waals surface area contributed by atoms with Gasteiger partial charge in [-0.2, -0.15) is 5.10 Å². The van der Waals surface area contributed by atoms with Crippen LogP contribution in [0.15, 0.2) is 70.1 Å². The van der Waals surface area contributed by atoms with Crippen molar-refractivity contribution in [1.29, 1.82) is 0 Å². The molecule has 0 atom stereocenters. The summed E-state index contributed by atoms with van der Waals surface area (Å²) in [5.74, 6) is 0.683. The Morgan fingerprint density at radius 2 is 1.70 bits per heavy atom. The minimum atomic E-state index is -0.514. The molecule has 0 fully saturated rings. The standard InChI is InChI=1S/C25H19N5O6S/c1-15-3-8-20(16(2)9-15)27-25-28(22(13-37-25)17-4-6-19(7-5-17)29(31)32)26-12-18-10-23-24(36-14-35-23)11-21(18)30(33)34/h3-13H,14H2,1-2H3. The van der Waals surface area contributed by atoms with Crippen LogP contribution >= 0.6 is 11.3 Å². The van der Waals surface area contributed by atoms with Gasteiger partial charge in [0, 0.05) is 23.1 Å². The van der Waals surface area contributed by atoms with Crippen LogP contribution in [0.3, 0.4) is 0 Å². The van der Waals surface area contributed by atoms with E-state index >= 15 is 0 Å². The maximum Gasteiger partial charge on any atom is 0.282 e. The number of nitro benzene ring substituents is 2. The lowest BCUT2D eigenvalue weighted by atomic mass is 10.1. The molecule has 2 heterocycles. The smallest absolute Gasteiger partial charge is 0.282 e. The lowest BCUT2D eigenvalue weighted by Gasteiger charge is -2.05. The third-order valence-corrected chi connectivity index (χ3v) is 6.47. The van der Waals surface area contributed by atoms with Crippen LogP contribution in [0.4, 0.5) is 17.1 Å². The van der Waals surface area contributed by atoms with Gasteiger partial charge in [-0.25, -0.2) is 9.67 Å². The molecule has 11 nitrogen and oxygen atoms in total. The van der Waals surface area contributed by atoms with Gasteiger partial charge in [0.05, 0.1) is 39.1 Å². The second kappa shape index (κ2) is 9.66. The summed E-state index contributed by atoms with van der Waals surface area (Å²) in [6.45, 7) is 3.94. The predicted octanol–water partition coefficient (Wildman–Crippen LogP) is 5.49. The Labute approximate surface area is 213 Å². The Morgan fingerprint density at radius 1 is 0.973 bits per heavy atom. The number of rotatable bonds is 6. The van der Waals surface area contributed by atoms with Crippen molar-refractivity contribution in [3.8, 4) is 22.8 Å². The number of thiazole rings is 1. The van der Waals surface area contributed by atoms with Crippen LogP contribution in [0.25, 0.3) is 11.3 Å². The Kier molecular flexibility index (Phi) is 6.24.